The van der Waals surface area contributed by atoms with Gasteiger partial charge in [-0.2, -0.15) is 0 Å². The zero-order valence-electron chi connectivity index (χ0n) is 12.2. The molecule has 2 aliphatic carbocycles. The first-order valence-corrected chi connectivity index (χ1v) is 7.88. The minimum Gasteiger partial charge on any atom is -0.368 e. The summed E-state index contributed by atoms with van der Waals surface area (Å²) in [5.74, 6) is 0.961. The van der Waals surface area contributed by atoms with E-state index >= 15 is 0 Å². The molecule has 0 radical (unpaired) electrons. The lowest BCUT2D eigenvalue weighted by molar-refractivity contribution is 0.593. The molecule has 2 fully saturated rings. The second-order valence-corrected chi connectivity index (χ2v) is 6.17. The molecule has 0 saturated heterocycles. The maximum absolute atomic E-state index is 3.56. The molecule has 104 valence electrons. The third-order valence-electron chi connectivity index (χ3n) is 4.36. The Kier molecular flexibility index (Phi) is 3.79. The van der Waals surface area contributed by atoms with Crippen LogP contribution in [0.1, 0.15) is 51.1 Å². The Morgan fingerprint density at radius 3 is 2.58 bits per heavy atom. The van der Waals surface area contributed by atoms with Gasteiger partial charge in [0.15, 0.2) is 0 Å². The molecule has 2 aliphatic rings. The molecule has 2 saturated carbocycles. The number of anilines is 1. The minimum atomic E-state index is 0.446. The fourth-order valence-electron chi connectivity index (χ4n) is 2.94. The molecule has 19 heavy (non-hydrogen) atoms. The Hall–Kier alpha value is -1.02. The Morgan fingerprint density at radius 2 is 1.95 bits per heavy atom. The summed E-state index contributed by atoms with van der Waals surface area (Å²) in [7, 11) is 0. The fraction of sp³-hybridized carbons (Fsp3) is 0.647. The van der Waals surface area contributed by atoms with Gasteiger partial charge >= 0.3 is 0 Å². The number of nitrogens with one attached hydrogen (secondary N) is 1. The highest BCUT2D eigenvalue weighted by Crippen LogP contribution is 2.39. The van der Waals surface area contributed by atoms with Crippen molar-refractivity contribution in [1.82, 2.24) is 5.32 Å². The average molecular weight is 258 g/mol. The number of rotatable bonds is 7. The van der Waals surface area contributed by atoms with Crippen molar-refractivity contribution in [2.75, 3.05) is 18.0 Å². The average Bonchev–Trinajstić information content (AvgIpc) is 3.28. The van der Waals surface area contributed by atoms with Crippen molar-refractivity contribution < 1.29 is 0 Å². The molecule has 1 N–H and O–H groups in total. The highest BCUT2D eigenvalue weighted by molar-refractivity contribution is 5.56. The topological polar surface area (TPSA) is 15.3 Å². The van der Waals surface area contributed by atoms with E-state index in [2.05, 4.69) is 48.3 Å². The standard InChI is InChI=1S/C17H26N2/c1-3-18-13(2)16-6-4-5-7-17(16)19(15-10-11-15)12-14-8-9-14/h4-7,13-15,18H,3,8-12H2,1-2H3. The molecule has 1 aromatic carbocycles. The van der Waals surface area contributed by atoms with E-state index in [-0.39, 0.29) is 0 Å². The first-order valence-electron chi connectivity index (χ1n) is 7.88. The van der Waals surface area contributed by atoms with Crippen LogP contribution in [0.15, 0.2) is 24.3 Å². The Morgan fingerprint density at radius 1 is 1.21 bits per heavy atom. The maximum atomic E-state index is 3.56. The van der Waals surface area contributed by atoms with Gasteiger partial charge in [0.1, 0.15) is 0 Å². The summed E-state index contributed by atoms with van der Waals surface area (Å²) in [4.78, 5) is 2.70. The van der Waals surface area contributed by atoms with Crippen molar-refractivity contribution in [3.8, 4) is 0 Å². The first-order chi connectivity index (χ1) is 9.29. The van der Waals surface area contributed by atoms with Crippen LogP contribution in [0.25, 0.3) is 0 Å². The fourth-order valence-corrected chi connectivity index (χ4v) is 2.94. The molecule has 0 aromatic heterocycles. The van der Waals surface area contributed by atoms with Gasteiger partial charge in [0, 0.05) is 24.3 Å². The van der Waals surface area contributed by atoms with Crippen LogP contribution < -0.4 is 10.2 Å². The summed E-state index contributed by atoms with van der Waals surface area (Å²) in [6.07, 6.45) is 5.65. The normalized spacial score (nSPS) is 20.3. The monoisotopic (exact) mass is 258 g/mol. The van der Waals surface area contributed by atoms with Crippen molar-refractivity contribution in [2.24, 2.45) is 5.92 Å². The van der Waals surface area contributed by atoms with Gasteiger partial charge < -0.3 is 10.2 Å². The van der Waals surface area contributed by atoms with Gasteiger partial charge in [0.2, 0.25) is 0 Å². The summed E-state index contributed by atoms with van der Waals surface area (Å²) in [5.41, 5.74) is 2.95. The number of nitrogens with zero attached hydrogens (tertiary/aromatic N) is 1. The highest BCUT2D eigenvalue weighted by Gasteiger charge is 2.34. The maximum Gasteiger partial charge on any atom is 0.0417 e. The quantitative estimate of drug-likeness (QED) is 0.801. The van der Waals surface area contributed by atoms with Gasteiger partial charge in [-0.15, -0.1) is 0 Å². The molecule has 0 heterocycles. The van der Waals surface area contributed by atoms with E-state index in [1.165, 1.54) is 43.5 Å². The lowest BCUT2D eigenvalue weighted by Crippen LogP contribution is -2.30. The second kappa shape index (κ2) is 5.54. The Bertz CT molecular complexity index is 421. The molecule has 0 spiro atoms. The molecule has 3 rings (SSSR count). The lowest BCUT2D eigenvalue weighted by atomic mass is 10.0. The van der Waals surface area contributed by atoms with Crippen LogP contribution in [0.5, 0.6) is 0 Å². The molecule has 2 nitrogen and oxygen atoms in total. The van der Waals surface area contributed by atoms with Crippen LogP contribution >= 0.6 is 0 Å². The molecule has 1 unspecified atom stereocenters. The summed E-state index contributed by atoms with van der Waals surface area (Å²) in [6.45, 7) is 6.77. The summed E-state index contributed by atoms with van der Waals surface area (Å²) in [5, 5.41) is 3.56. The van der Waals surface area contributed by atoms with E-state index in [0.717, 1.165) is 18.5 Å². The van der Waals surface area contributed by atoms with Crippen molar-refractivity contribution >= 4 is 5.69 Å². The van der Waals surface area contributed by atoms with E-state index < -0.39 is 0 Å². The zero-order chi connectivity index (χ0) is 13.2. The third kappa shape index (κ3) is 3.11. The van der Waals surface area contributed by atoms with Crippen LogP contribution in [0, 0.1) is 5.92 Å². The molecule has 0 amide bonds. The first kappa shape index (κ1) is 13.0. The van der Waals surface area contributed by atoms with Crippen LogP contribution in [-0.4, -0.2) is 19.1 Å². The zero-order valence-corrected chi connectivity index (χ0v) is 12.2. The van der Waals surface area contributed by atoms with Crippen LogP contribution in [0.2, 0.25) is 0 Å². The van der Waals surface area contributed by atoms with Crippen LogP contribution in [0.4, 0.5) is 5.69 Å². The highest BCUT2D eigenvalue weighted by atomic mass is 15.2. The number of hydrogen-bond acceptors (Lipinski definition) is 2. The Labute approximate surface area is 117 Å². The lowest BCUT2D eigenvalue weighted by Gasteiger charge is -2.29. The van der Waals surface area contributed by atoms with Crippen molar-refractivity contribution in [1.29, 1.82) is 0 Å². The van der Waals surface area contributed by atoms with E-state index in [1.54, 1.807) is 0 Å². The van der Waals surface area contributed by atoms with E-state index in [1.807, 2.05) is 0 Å². The summed E-state index contributed by atoms with van der Waals surface area (Å²) >= 11 is 0. The van der Waals surface area contributed by atoms with E-state index in [4.69, 9.17) is 0 Å². The van der Waals surface area contributed by atoms with Gasteiger partial charge in [-0.3, -0.25) is 0 Å². The predicted octanol–water partition coefficient (Wildman–Crippen LogP) is 3.74. The molecule has 1 aromatic rings. The number of hydrogen-bond donors (Lipinski definition) is 1. The van der Waals surface area contributed by atoms with Crippen molar-refractivity contribution in [3.05, 3.63) is 29.8 Å². The second-order valence-electron chi connectivity index (χ2n) is 6.17. The molecule has 2 heteroatoms. The van der Waals surface area contributed by atoms with Crippen molar-refractivity contribution in [2.45, 2.75) is 51.6 Å². The van der Waals surface area contributed by atoms with Crippen LogP contribution in [-0.2, 0) is 0 Å². The molecular weight excluding hydrogens is 232 g/mol. The molecular formula is C17H26N2. The molecule has 0 aliphatic heterocycles. The number of benzene rings is 1. The van der Waals surface area contributed by atoms with Crippen molar-refractivity contribution in [3.63, 3.8) is 0 Å². The van der Waals surface area contributed by atoms with Gasteiger partial charge in [-0.05, 0) is 56.7 Å². The predicted molar refractivity (Wildman–Crippen MR) is 81.6 cm³/mol. The van der Waals surface area contributed by atoms with E-state index in [0.29, 0.717) is 6.04 Å². The summed E-state index contributed by atoms with van der Waals surface area (Å²) in [6, 6.07) is 10.3. The molecule has 1 atom stereocenters. The smallest absolute Gasteiger partial charge is 0.0417 e. The van der Waals surface area contributed by atoms with Gasteiger partial charge in [0.05, 0.1) is 0 Å². The summed E-state index contributed by atoms with van der Waals surface area (Å²) < 4.78 is 0. The van der Waals surface area contributed by atoms with Gasteiger partial charge in [-0.25, -0.2) is 0 Å². The SMILES string of the molecule is CCNC(C)c1ccccc1N(CC1CC1)C1CC1. The number of para-hydroxylation sites is 1. The van der Waals surface area contributed by atoms with Gasteiger partial charge in [0.25, 0.3) is 0 Å². The van der Waals surface area contributed by atoms with Crippen LogP contribution in [0.3, 0.4) is 0 Å². The minimum absolute atomic E-state index is 0.446. The van der Waals surface area contributed by atoms with Gasteiger partial charge in [-0.1, -0.05) is 25.1 Å². The Balaban J connectivity index is 1.83. The van der Waals surface area contributed by atoms with E-state index in [9.17, 15) is 0 Å². The third-order valence-corrected chi connectivity index (χ3v) is 4.36. The molecule has 0 bridgehead atoms. The largest absolute Gasteiger partial charge is 0.368 e.